The van der Waals surface area contributed by atoms with Gasteiger partial charge in [-0.1, -0.05) is 0 Å². The quantitative estimate of drug-likeness (QED) is 0.612. The zero-order valence-corrected chi connectivity index (χ0v) is 10.1. The monoisotopic (exact) mass is 307 g/mol. The van der Waals surface area contributed by atoms with Crippen molar-refractivity contribution in [3.63, 3.8) is 0 Å². The minimum Gasteiger partial charge on any atom is -0.406 e. The number of ether oxygens (including phenoxy) is 1. The number of hydrogen-bond donors (Lipinski definition) is 2. The number of carbonyl (C=O) groups excluding carboxylic acids is 2. The van der Waals surface area contributed by atoms with Crippen LogP contribution in [0.2, 0.25) is 0 Å². The first-order valence-corrected chi connectivity index (χ1v) is 5.21. The van der Waals surface area contributed by atoms with Crippen molar-refractivity contribution in [3.05, 3.63) is 33.9 Å². The predicted octanol–water partition coefficient (Wildman–Crippen LogP) is 0.708. The zero-order valence-electron chi connectivity index (χ0n) is 10.1. The summed E-state index contributed by atoms with van der Waals surface area (Å²) in [5.41, 5.74) is 3.33. The minimum atomic E-state index is -5.02. The molecule has 1 aromatic rings. The van der Waals surface area contributed by atoms with Gasteiger partial charge >= 0.3 is 6.36 Å². The number of nitrogens with one attached hydrogen (secondary N) is 1. The lowest BCUT2D eigenvalue weighted by Gasteiger charge is -2.10. The second kappa shape index (κ2) is 6.07. The summed E-state index contributed by atoms with van der Waals surface area (Å²) in [7, 11) is 0. The lowest BCUT2D eigenvalue weighted by atomic mass is 10.1. The minimum absolute atomic E-state index is 0.544. The van der Waals surface area contributed by atoms with Gasteiger partial charge in [0, 0.05) is 12.1 Å². The molecule has 0 fully saturated rings. The molecule has 0 heterocycles. The molecule has 8 nitrogen and oxygen atoms in total. The Morgan fingerprint density at radius 3 is 2.48 bits per heavy atom. The molecule has 0 saturated heterocycles. The maximum absolute atomic E-state index is 12.1. The highest BCUT2D eigenvalue weighted by atomic mass is 19.4. The summed E-state index contributed by atoms with van der Waals surface area (Å²) in [6.45, 7) is -0.625. The van der Waals surface area contributed by atoms with Crippen LogP contribution in [-0.4, -0.2) is 29.6 Å². The maximum atomic E-state index is 12.1. The van der Waals surface area contributed by atoms with Gasteiger partial charge in [0.15, 0.2) is 0 Å². The van der Waals surface area contributed by atoms with Crippen molar-refractivity contribution >= 4 is 17.5 Å². The molecule has 0 aromatic heterocycles. The fourth-order valence-electron chi connectivity index (χ4n) is 1.32. The number of primary amides is 1. The van der Waals surface area contributed by atoms with E-state index in [9.17, 15) is 32.9 Å². The van der Waals surface area contributed by atoms with Gasteiger partial charge < -0.3 is 15.8 Å². The Morgan fingerprint density at radius 2 is 2.00 bits per heavy atom. The average molecular weight is 307 g/mol. The standard InChI is InChI=1S/C10H8F3N3O5/c11-10(12,13)21-5-1-2-7(16(19)20)6(3-5)9(18)15-4-8(14)17/h1-3H,4H2,(H2,14,17)(H,15,18). The van der Waals surface area contributed by atoms with E-state index in [2.05, 4.69) is 4.74 Å². The third kappa shape index (κ3) is 4.97. The number of hydrogen-bond acceptors (Lipinski definition) is 5. The lowest BCUT2D eigenvalue weighted by molar-refractivity contribution is -0.385. The van der Waals surface area contributed by atoms with Gasteiger partial charge in [0.2, 0.25) is 5.91 Å². The normalized spacial score (nSPS) is 10.8. The molecule has 0 radical (unpaired) electrons. The number of rotatable bonds is 5. The Bertz CT molecular complexity index is 588. The Labute approximate surface area is 114 Å². The van der Waals surface area contributed by atoms with Crippen molar-refractivity contribution < 1.29 is 32.4 Å². The van der Waals surface area contributed by atoms with Gasteiger partial charge in [0.05, 0.1) is 11.5 Å². The van der Waals surface area contributed by atoms with E-state index in [0.29, 0.717) is 18.2 Å². The van der Waals surface area contributed by atoms with Crippen molar-refractivity contribution in [2.45, 2.75) is 6.36 Å². The van der Waals surface area contributed by atoms with Crippen LogP contribution in [0.4, 0.5) is 18.9 Å². The molecular formula is C10H8F3N3O5. The van der Waals surface area contributed by atoms with Crippen molar-refractivity contribution in [2.75, 3.05) is 6.54 Å². The smallest absolute Gasteiger partial charge is 0.406 e. The van der Waals surface area contributed by atoms with Crippen LogP contribution in [0, 0.1) is 10.1 Å². The molecule has 0 bridgehead atoms. The molecule has 1 rings (SSSR count). The first-order valence-electron chi connectivity index (χ1n) is 5.21. The van der Waals surface area contributed by atoms with Gasteiger partial charge in [-0.25, -0.2) is 0 Å². The van der Waals surface area contributed by atoms with Crippen LogP contribution in [0.15, 0.2) is 18.2 Å². The van der Waals surface area contributed by atoms with Crippen LogP contribution in [0.5, 0.6) is 5.75 Å². The van der Waals surface area contributed by atoms with Gasteiger partial charge in [-0.15, -0.1) is 13.2 Å². The number of amides is 2. The number of nitrogens with two attached hydrogens (primary N) is 1. The second-order valence-electron chi connectivity index (χ2n) is 3.63. The van der Waals surface area contributed by atoms with E-state index in [1.165, 1.54) is 0 Å². The third-order valence-corrected chi connectivity index (χ3v) is 2.07. The number of nitro benzene ring substituents is 1. The topological polar surface area (TPSA) is 125 Å². The Balaban J connectivity index is 3.12. The van der Waals surface area contributed by atoms with E-state index in [-0.39, 0.29) is 0 Å². The van der Waals surface area contributed by atoms with Crippen molar-refractivity contribution in [2.24, 2.45) is 5.73 Å². The SMILES string of the molecule is NC(=O)CNC(=O)c1cc(OC(F)(F)F)ccc1[N+](=O)[O-]. The predicted molar refractivity (Wildman–Crippen MR) is 61.3 cm³/mol. The Kier molecular flexibility index (Phi) is 4.68. The number of benzene rings is 1. The van der Waals surface area contributed by atoms with E-state index in [1.54, 1.807) is 0 Å². The summed E-state index contributed by atoms with van der Waals surface area (Å²) in [6.07, 6.45) is -5.02. The summed E-state index contributed by atoms with van der Waals surface area (Å²) in [4.78, 5) is 31.9. The summed E-state index contributed by atoms with van der Waals surface area (Å²) < 4.78 is 39.8. The van der Waals surface area contributed by atoms with Crippen LogP contribution >= 0.6 is 0 Å². The van der Waals surface area contributed by atoms with E-state index in [0.717, 1.165) is 0 Å². The van der Waals surface area contributed by atoms with E-state index in [4.69, 9.17) is 5.73 Å². The molecule has 0 unspecified atom stereocenters. The highest BCUT2D eigenvalue weighted by Gasteiger charge is 2.32. The molecule has 114 valence electrons. The molecule has 11 heteroatoms. The molecule has 2 amide bonds. The summed E-state index contributed by atoms with van der Waals surface area (Å²) in [6, 6.07) is 1.92. The van der Waals surface area contributed by atoms with Crippen molar-refractivity contribution in [1.29, 1.82) is 0 Å². The molecule has 0 aliphatic rings. The third-order valence-electron chi connectivity index (χ3n) is 2.07. The number of nitrogens with zero attached hydrogens (tertiary/aromatic N) is 1. The Hall–Kier alpha value is -2.85. The number of carbonyl (C=O) groups is 2. The van der Waals surface area contributed by atoms with E-state index < -0.39 is 46.6 Å². The van der Waals surface area contributed by atoms with E-state index in [1.807, 2.05) is 5.32 Å². The van der Waals surface area contributed by atoms with Crippen LogP contribution in [0.25, 0.3) is 0 Å². The fourth-order valence-corrected chi connectivity index (χ4v) is 1.32. The first kappa shape index (κ1) is 16.2. The molecular weight excluding hydrogens is 299 g/mol. The second-order valence-corrected chi connectivity index (χ2v) is 3.63. The highest BCUT2D eigenvalue weighted by Crippen LogP contribution is 2.28. The number of nitro groups is 1. The summed E-state index contributed by atoms with van der Waals surface area (Å²) in [5, 5.41) is 12.7. The number of halogens is 3. The molecule has 3 N–H and O–H groups in total. The summed E-state index contributed by atoms with van der Waals surface area (Å²) >= 11 is 0. The average Bonchev–Trinajstić information content (AvgIpc) is 2.33. The molecule has 0 atom stereocenters. The highest BCUT2D eigenvalue weighted by molar-refractivity contribution is 6.00. The largest absolute Gasteiger partial charge is 0.573 e. The Morgan fingerprint density at radius 1 is 1.38 bits per heavy atom. The van der Waals surface area contributed by atoms with Gasteiger partial charge in [-0.3, -0.25) is 19.7 Å². The van der Waals surface area contributed by atoms with Crippen LogP contribution < -0.4 is 15.8 Å². The van der Waals surface area contributed by atoms with Crippen LogP contribution in [-0.2, 0) is 4.79 Å². The molecule has 0 saturated carbocycles. The van der Waals surface area contributed by atoms with E-state index >= 15 is 0 Å². The van der Waals surface area contributed by atoms with Crippen LogP contribution in [0.3, 0.4) is 0 Å². The van der Waals surface area contributed by atoms with Crippen molar-refractivity contribution in [3.8, 4) is 5.75 Å². The maximum Gasteiger partial charge on any atom is 0.573 e. The molecule has 0 aliphatic carbocycles. The summed E-state index contributed by atoms with van der Waals surface area (Å²) in [5.74, 6) is -2.86. The number of alkyl halides is 3. The van der Waals surface area contributed by atoms with Gasteiger partial charge in [-0.2, -0.15) is 0 Å². The van der Waals surface area contributed by atoms with Gasteiger partial charge in [0.25, 0.3) is 11.6 Å². The van der Waals surface area contributed by atoms with Crippen molar-refractivity contribution in [1.82, 2.24) is 5.32 Å². The lowest BCUT2D eigenvalue weighted by Crippen LogP contribution is -2.33. The fraction of sp³-hybridized carbons (Fsp3) is 0.200. The molecule has 0 spiro atoms. The molecule has 1 aromatic carbocycles. The molecule has 0 aliphatic heterocycles. The first-order chi connectivity index (χ1) is 9.60. The molecule has 21 heavy (non-hydrogen) atoms. The van der Waals surface area contributed by atoms with Crippen LogP contribution in [0.1, 0.15) is 10.4 Å². The van der Waals surface area contributed by atoms with Gasteiger partial charge in [0.1, 0.15) is 11.3 Å². The van der Waals surface area contributed by atoms with Gasteiger partial charge in [-0.05, 0) is 6.07 Å². The zero-order chi connectivity index (χ0) is 16.2.